The van der Waals surface area contributed by atoms with Crippen LogP contribution in [0.2, 0.25) is 0 Å². The van der Waals surface area contributed by atoms with E-state index >= 15 is 0 Å². The van der Waals surface area contributed by atoms with Gasteiger partial charge in [-0.3, -0.25) is 9.59 Å². The molecular weight excluding hydrogens is 460 g/mol. The molecule has 4 fully saturated rings. The van der Waals surface area contributed by atoms with Crippen molar-refractivity contribution in [2.45, 2.75) is 126 Å². The Kier molecular flexibility index (Phi) is 6.72. The molecule has 0 radical (unpaired) electrons. The van der Waals surface area contributed by atoms with Crippen LogP contribution in [0.3, 0.4) is 0 Å². The van der Waals surface area contributed by atoms with Crippen LogP contribution < -0.4 is 0 Å². The molecule has 8 atom stereocenters. The third kappa shape index (κ3) is 4.05. The number of allylic oxidation sites excluding steroid dienone is 1. The van der Waals surface area contributed by atoms with E-state index in [0.29, 0.717) is 35.2 Å². The maximum atomic E-state index is 11.9. The summed E-state index contributed by atoms with van der Waals surface area (Å²) in [5.74, 6) is 3.00. The van der Waals surface area contributed by atoms with Crippen LogP contribution in [0.5, 0.6) is 0 Å². The van der Waals surface area contributed by atoms with E-state index in [4.69, 9.17) is 9.47 Å². The van der Waals surface area contributed by atoms with Gasteiger partial charge in [0.15, 0.2) is 0 Å². The van der Waals surface area contributed by atoms with E-state index in [1.54, 1.807) is 25.0 Å². The third-order valence-corrected chi connectivity index (χ3v) is 12.8. The minimum atomic E-state index is -0.136. The first-order chi connectivity index (χ1) is 17.3. The summed E-state index contributed by atoms with van der Waals surface area (Å²) >= 11 is 0. The van der Waals surface area contributed by atoms with E-state index in [9.17, 15) is 9.59 Å². The van der Waals surface area contributed by atoms with Crippen molar-refractivity contribution >= 4 is 11.9 Å². The molecule has 5 aliphatic carbocycles. The zero-order valence-corrected chi connectivity index (χ0v) is 24.9. The van der Waals surface area contributed by atoms with Crippen molar-refractivity contribution in [3.05, 3.63) is 11.1 Å². The van der Waals surface area contributed by atoms with E-state index < -0.39 is 0 Å². The Morgan fingerprint density at radius 1 is 0.838 bits per heavy atom. The molecule has 3 unspecified atom stereocenters. The summed E-state index contributed by atoms with van der Waals surface area (Å²) in [5.41, 5.74) is 4.17. The van der Waals surface area contributed by atoms with Gasteiger partial charge >= 0.3 is 11.9 Å². The van der Waals surface area contributed by atoms with Crippen LogP contribution in [-0.2, 0) is 19.1 Å². The van der Waals surface area contributed by atoms with Crippen molar-refractivity contribution in [1.29, 1.82) is 0 Å². The molecule has 4 heteroatoms. The van der Waals surface area contributed by atoms with Crippen LogP contribution in [0, 0.1) is 51.2 Å². The van der Waals surface area contributed by atoms with Crippen LogP contribution in [0.15, 0.2) is 11.1 Å². The average Bonchev–Trinajstić information content (AvgIpc) is 3.20. The second kappa shape index (κ2) is 9.12. The molecule has 4 nitrogen and oxygen atoms in total. The fraction of sp³-hybridized carbons (Fsp3) is 0.879. The Labute approximate surface area is 225 Å². The molecule has 0 aromatic rings. The molecule has 0 aromatic heterocycles. The molecular formula is C33H52O4. The van der Waals surface area contributed by atoms with Gasteiger partial charge in [-0.15, -0.1) is 0 Å². The fourth-order valence-electron chi connectivity index (χ4n) is 11.3. The molecule has 5 rings (SSSR count). The molecule has 0 heterocycles. The maximum absolute atomic E-state index is 11.9. The van der Waals surface area contributed by atoms with Gasteiger partial charge in [0.25, 0.3) is 0 Å². The molecule has 4 saturated carbocycles. The molecule has 208 valence electrons. The van der Waals surface area contributed by atoms with Gasteiger partial charge in [0.05, 0.1) is 0 Å². The van der Waals surface area contributed by atoms with Crippen molar-refractivity contribution in [3.8, 4) is 0 Å². The van der Waals surface area contributed by atoms with E-state index in [0.717, 1.165) is 24.7 Å². The second-order valence-corrected chi connectivity index (χ2v) is 15.1. The third-order valence-electron chi connectivity index (χ3n) is 12.8. The minimum absolute atomic E-state index is 0.0153. The molecule has 0 aromatic carbocycles. The summed E-state index contributed by atoms with van der Waals surface area (Å²) in [6.45, 7) is 18.5. The number of carbonyl (C=O) groups is 2. The molecule has 37 heavy (non-hydrogen) atoms. The Morgan fingerprint density at radius 2 is 1.54 bits per heavy atom. The zero-order valence-electron chi connectivity index (χ0n) is 24.9. The van der Waals surface area contributed by atoms with Crippen molar-refractivity contribution < 1.29 is 19.1 Å². The normalized spacial score (nSPS) is 44.4. The van der Waals surface area contributed by atoms with Crippen LogP contribution in [0.25, 0.3) is 0 Å². The Balaban J connectivity index is 1.47. The monoisotopic (exact) mass is 512 g/mol. The number of hydrogen-bond donors (Lipinski definition) is 0. The van der Waals surface area contributed by atoms with Gasteiger partial charge in [-0.25, -0.2) is 0 Å². The first kappa shape index (κ1) is 27.3. The molecule has 0 bridgehead atoms. The van der Waals surface area contributed by atoms with Gasteiger partial charge in [-0.2, -0.15) is 0 Å². The zero-order chi connectivity index (χ0) is 27.0. The average molecular weight is 513 g/mol. The number of carbonyl (C=O) groups excluding carboxylic acids is 2. The number of esters is 2. The van der Waals surface area contributed by atoms with E-state index in [2.05, 4.69) is 41.5 Å². The summed E-state index contributed by atoms with van der Waals surface area (Å²) in [6, 6.07) is 0. The number of hydrogen-bond acceptors (Lipinski definition) is 4. The van der Waals surface area contributed by atoms with Crippen LogP contribution in [0.4, 0.5) is 0 Å². The topological polar surface area (TPSA) is 52.6 Å². The van der Waals surface area contributed by atoms with Crippen molar-refractivity contribution in [2.24, 2.45) is 51.2 Å². The van der Waals surface area contributed by atoms with E-state index in [1.807, 2.05) is 0 Å². The van der Waals surface area contributed by atoms with Crippen LogP contribution >= 0.6 is 0 Å². The Hall–Kier alpha value is -1.32. The van der Waals surface area contributed by atoms with Crippen LogP contribution in [-0.4, -0.2) is 24.6 Å². The van der Waals surface area contributed by atoms with Crippen molar-refractivity contribution in [3.63, 3.8) is 0 Å². The van der Waals surface area contributed by atoms with Gasteiger partial charge in [-0.05, 0) is 105 Å². The summed E-state index contributed by atoms with van der Waals surface area (Å²) < 4.78 is 11.7. The Morgan fingerprint density at radius 3 is 2.19 bits per heavy atom. The largest absolute Gasteiger partial charge is 0.465 e. The van der Waals surface area contributed by atoms with Crippen molar-refractivity contribution in [2.75, 3.05) is 6.61 Å². The van der Waals surface area contributed by atoms with Gasteiger partial charge in [0.1, 0.15) is 12.7 Å². The summed E-state index contributed by atoms with van der Waals surface area (Å²) in [7, 11) is 0. The highest BCUT2D eigenvalue weighted by Crippen LogP contribution is 2.73. The number of rotatable bonds is 4. The summed E-state index contributed by atoms with van der Waals surface area (Å²) in [6.07, 6.45) is 12.1. The summed E-state index contributed by atoms with van der Waals surface area (Å²) in [4.78, 5) is 23.7. The SMILES string of the molecule is CC(=O)OC[C@]12CCC(C(C)C)=C1[C@H]1CCC3[C@@](C)(CCC4C(C)(C)[C@@H](OC(C)=O)CC[C@@]43C)C1CC2. The second-order valence-electron chi connectivity index (χ2n) is 15.1. The molecule has 5 aliphatic rings. The van der Waals surface area contributed by atoms with Gasteiger partial charge in [0.2, 0.25) is 0 Å². The van der Waals surface area contributed by atoms with E-state index in [1.165, 1.54) is 51.4 Å². The molecule has 0 saturated heterocycles. The highest BCUT2D eigenvalue weighted by Gasteiger charge is 2.66. The fourth-order valence-corrected chi connectivity index (χ4v) is 11.3. The first-order valence-electron chi connectivity index (χ1n) is 15.3. The highest BCUT2D eigenvalue weighted by molar-refractivity contribution is 5.66. The highest BCUT2D eigenvalue weighted by atomic mass is 16.5. The lowest BCUT2D eigenvalue weighted by molar-refractivity contribution is -0.212. The Bertz CT molecular complexity index is 977. The maximum Gasteiger partial charge on any atom is 0.302 e. The molecule has 0 aliphatic heterocycles. The molecule has 0 spiro atoms. The van der Waals surface area contributed by atoms with Crippen molar-refractivity contribution in [1.82, 2.24) is 0 Å². The number of ether oxygens (including phenoxy) is 2. The molecule has 0 N–H and O–H groups in total. The minimum Gasteiger partial charge on any atom is -0.465 e. The summed E-state index contributed by atoms with van der Waals surface area (Å²) in [5, 5.41) is 0. The lowest BCUT2D eigenvalue weighted by Crippen LogP contribution is -2.63. The van der Waals surface area contributed by atoms with Gasteiger partial charge in [-0.1, -0.05) is 52.7 Å². The lowest BCUT2D eigenvalue weighted by atomic mass is 9.36. The standard InChI is InChI=1S/C33H52O4/c1-20(2)23-11-17-33(19-36-21(3)34)18-12-25-24(29(23)33)9-10-27-31(25,7)15-13-26-30(5,6)28(37-22(4)35)14-16-32(26,27)8/h20,24-28H,9-19H2,1-8H3/t24-,25?,26?,27?,28-,31-,32-,33+/m0/s1. The van der Waals surface area contributed by atoms with Gasteiger partial charge in [0, 0.05) is 24.7 Å². The van der Waals surface area contributed by atoms with E-state index in [-0.39, 0.29) is 28.9 Å². The quantitative estimate of drug-likeness (QED) is 0.284. The number of fused-ring (bicyclic) bond motifs is 7. The van der Waals surface area contributed by atoms with Gasteiger partial charge < -0.3 is 9.47 Å². The lowest BCUT2D eigenvalue weighted by Gasteiger charge is -2.68. The predicted molar refractivity (Wildman–Crippen MR) is 147 cm³/mol. The first-order valence-corrected chi connectivity index (χ1v) is 15.3. The predicted octanol–water partition coefficient (Wildman–Crippen LogP) is 7.89. The van der Waals surface area contributed by atoms with Crippen LogP contribution in [0.1, 0.15) is 120 Å². The smallest absolute Gasteiger partial charge is 0.302 e. The molecule has 0 amide bonds.